The van der Waals surface area contributed by atoms with Gasteiger partial charge in [-0.3, -0.25) is 9.40 Å². The molecule has 4 rings (SSSR count). The van der Waals surface area contributed by atoms with Gasteiger partial charge in [0.2, 0.25) is 0 Å². The van der Waals surface area contributed by atoms with E-state index in [9.17, 15) is 0 Å². The lowest BCUT2D eigenvalue weighted by Crippen LogP contribution is -2.59. The zero-order valence-corrected chi connectivity index (χ0v) is 13.7. The largest absolute Gasteiger partial charge is 0.382 e. The average Bonchev–Trinajstić information content (AvgIpc) is 3.04. The summed E-state index contributed by atoms with van der Waals surface area (Å²) in [4.78, 5) is 18.5. The molecule has 4 atom stereocenters. The fraction of sp³-hybridized carbons (Fsp3) is 0.643. The molecule has 2 aromatic heterocycles. The minimum atomic E-state index is -0.638. The van der Waals surface area contributed by atoms with Crippen LogP contribution in [-0.4, -0.2) is 76.8 Å². The standard InChI is InChI=1S/C14H20N6O4/c1-19-4-14(5-21-2)10(22-3)9(24-19)13(23-14)20-7-18-8-11(15)16-6-17-12(8)20/h6-7,9-10,13H,4-5H2,1-3H3,(H2,15,16,17)/t9?,10?,13-,14-/m1/s1. The number of nitrogens with zero attached hydrogens (tertiary/aromatic N) is 5. The number of likely N-dealkylation sites (N-methyl/N-ethyl adjacent to an activating group) is 1. The molecule has 130 valence electrons. The van der Waals surface area contributed by atoms with Crippen molar-refractivity contribution in [2.45, 2.75) is 24.0 Å². The Hall–Kier alpha value is -1.85. The van der Waals surface area contributed by atoms with Crippen LogP contribution in [0, 0.1) is 0 Å². The molecular weight excluding hydrogens is 316 g/mol. The van der Waals surface area contributed by atoms with Gasteiger partial charge in [-0.1, -0.05) is 0 Å². The molecule has 24 heavy (non-hydrogen) atoms. The molecular formula is C14H20N6O4. The first-order chi connectivity index (χ1) is 11.6. The van der Waals surface area contributed by atoms with Gasteiger partial charge in [-0.2, -0.15) is 5.06 Å². The number of rotatable bonds is 4. The summed E-state index contributed by atoms with van der Waals surface area (Å²) < 4.78 is 19.3. The molecule has 4 heterocycles. The average molecular weight is 336 g/mol. The summed E-state index contributed by atoms with van der Waals surface area (Å²) >= 11 is 0. The molecule has 0 spiro atoms. The number of imidazole rings is 1. The van der Waals surface area contributed by atoms with E-state index in [-0.39, 0.29) is 12.2 Å². The number of hydrogen-bond acceptors (Lipinski definition) is 9. The van der Waals surface area contributed by atoms with E-state index in [2.05, 4.69) is 15.0 Å². The molecule has 0 aliphatic carbocycles. The Kier molecular flexibility index (Phi) is 3.66. The van der Waals surface area contributed by atoms with Crippen molar-refractivity contribution in [3.63, 3.8) is 0 Å². The molecule has 0 saturated carbocycles. The fourth-order valence-electron chi connectivity index (χ4n) is 3.71. The number of ether oxygens (including phenoxy) is 3. The lowest BCUT2D eigenvalue weighted by atomic mass is 9.94. The van der Waals surface area contributed by atoms with E-state index in [0.29, 0.717) is 30.1 Å². The zero-order valence-electron chi connectivity index (χ0n) is 13.7. The normalized spacial score (nSPS) is 33.4. The molecule has 2 unspecified atom stereocenters. The van der Waals surface area contributed by atoms with Crippen molar-refractivity contribution >= 4 is 17.0 Å². The van der Waals surface area contributed by atoms with Crippen LogP contribution in [0.5, 0.6) is 0 Å². The third-order valence-corrected chi connectivity index (χ3v) is 4.55. The van der Waals surface area contributed by atoms with Crippen molar-refractivity contribution in [1.29, 1.82) is 0 Å². The summed E-state index contributed by atoms with van der Waals surface area (Å²) in [6.07, 6.45) is 1.93. The molecule has 0 aromatic carbocycles. The smallest absolute Gasteiger partial charge is 0.168 e. The van der Waals surface area contributed by atoms with Gasteiger partial charge in [0.15, 0.2) is 23.8 Å². The minimum absolute atomic E-state index is 0.282. The van der Waals surface area contributed by atoms with Crippen LogP contribution in [0.2, 0.25) is 0 Å². The summed E-state index contributed by atoms with van der Waals surface area (Å²) in [6, 6.07) is 0. The lowest BCUT2D eigenvalue weighted by molar-refractivity contribution is -0.262. The summed E-state index contributed by atoms with van der Waals surface area (Å²) in [5, 5.41) is 1.75. The Morgan fingerprint density at radius 2 is 2.21 bits per heavy atom. The highest BCUT2D eigenvalue weighted by atomic mass is 16.7. The maximum absolute atomic E-state index is 6.38. The molecule has 2 aliphatic heterocycles. The molecule has 0 amide bonds. The van der Waals surface area contributed by atoms with Gasteiger partial charge in [-0.25, -0.2) is 15.0 Å². The topological polar surface area (TPSA) is 110 Å². The van der Waals surface area contributed by atoms with Crippen LogP contribution in [0.3, 0.4) is 0 Å². The number of aromatic nitrogens is 4. The molecule has 2 fully saturated rings. The van der Waals surface area contributed by atoms with Gasteiger partial charge in [-0.05, 0) is 0 Å². The van der Waals surface area contributed by atoms with Crippen molar-refractivity contribution in [3.05, 3.63) is 12.7 Å². The summed E-state index contributed by atoms with van der Waals surface area (Å²) in [6.45, 7) is 0.909. The first kappa shape index (κ1) is 15.7. The van der Waals surface area contributed by atoms with Gasteiger partial charge in [-0.15, -0.1) is 0 Å². The second kappa shape index (κ2) is 5.60. The monoisotopic (exact) mass is 336 g/mol. The highest BCUT2D eigenvalue weighted by molar-refractivity contribution is 5.81. The summed E-state index contributed by atoms with van der Waals surface area (Å²) in [7, 11) is 5.15. The molecule has 2 N–H and O–H groups in total. The van der Waals surface area contributed by atoms with E-state index in [0.717, 1.165) is 0 Å². The predicted molar refractivity (Wildman–Crippen MR) is 82.8 cm³/mol. The highest BCUT2D eigenvalue weighted by Crippen LogP contribution is 2.45. The Labute approximate surface area is 138 Å². The Morgan fingerprint density at radius 1 is 1.38 bits per heavy atom. The van der Waals surface area contributed by atoms with Crippen LogP contribution in [-0.2, 0) is 19.0 Å². The van der Waals surface area contributed by atoms with Crippen LogP contribution in [0.4, 0.5) is 5.82 Å². The van der Waals surface area contributed by atoms with Crippen LogP contribution < -0.4 is 5.73 Å². The van der Waals surface area contributed by atoms with Crippen molar-refractivity contribution in [2.75, 3.05) is 40.2 Å². The van der Waals surface area contributed by atoms with Crippen molar-refractivity contribution in [2.24, 2.45) is 0 Å². The molecule has 2 bridgehead atoms. The first-order valence-corrected chi connectivity index (χ1v) is 7.60. The van der Waals surface area contributed by atoms with Crippen LogP contribution in [0.15, 0.2) is 12.7 Å². The van der Waals surface area contributed by atoms with Crippen molar-refractivity contribution in [3.8, 4) is 0 Å². The Morgan fingerprint density at radius 3 is 2.96 bits per heavy atom. The van der Waals surface area contributed by atoms with Gasteiger partial charge in [0.25, 0.3) is 0 Å². The molecule has 0 radical (unpaired) electrons. The molecule has 2 aliphatic rings. The van der Waals surface area contributed by atoms with Gasteiger partial charge >= 0.3 is 0 Å². The van der Waals surface area contributed by atoms with E-state index < -0.39 is 11.8 Å². The molecule has 2 aromatic rings. The number of nitrogen functional groups attached to an aromatic ring is 1. The molecule has 2 saturated heterocycles. The zero-order chi connectivity index (χ0) is 16.9. The number of hydroxylamine groups is 2. The maximum atomic E-state index is 6.38. The predicted octanol–water partition coefficient (Wildman–Crippen LogP) is -0.417. The van der Waals surface area contributed by atoms with E-state index in [4.69, 9.17) is 24.8 Å². The molecule has 10 heteroatoms. The third kappa shape index (κ3) is 2.11. The van der Waals surface area contributed by atoms with Gasteiger partial charge < -0.3 is 19.9 Å². The lowest BCUT2D eigenvalue weighted by Gasteiger charge is -2.40. The highest BCUT2D eigenvalue weighted by Gasteiger charge is 2.61. The van der Waals surface area contributed by atoms with Crippen LogP contribution >= 0.6 is 0 Å². The number of anilines is 1. The third-order valence-electron chi connectivity index (χ3n) is 4.55. The Bertz CT molecular complexity index is 754. The summed E-state index contributed by atoms with van der Waals surface area (Å²) in [5.74, 6) is 0.327. The Balaban J connectivity index is 1.79. The SMILES string of the molecule is COC[C@]12CN(C)OC(C1OC)[C@H](n1cnc3c(N)ncnc31)O2. The molecule has 10 nitrogen and oxygen atoms in total. The van der Waals surface area contributed by atoms with E-state index in [1.165, 1.54) is 6.33 Å². The van der Waals surface area contributed by atoms with Crippen LogP contribution in [0.25, 0.3) is 11.2 Å². The number of fused-ring (bicyclic) bond motifs is 3. The first-order valence-electron chi connectivity index (χ1n) is 7.60. The number of methoxy groups -OCH3 is 2. The summed E-state index contributed by atoms with van der Waals surface area (Å²) in [5.41, 5.74) is 6.36. The van der Waals surface area contributed by atoms with E-state index in [1.807, 2.05) is 7.05 Å². The van der Waals surface area contributed by atoms with Gasteiger partial charge in [0, 0.05) is 21.3 Å². The van der Waals surface area contributed by atoms with E-state index >= 15 is 0 Å². The quantitative estimate of drug-likeness (QED) is 0.796. The van der Waals surface area contributed by atoms with Crippen molar-refractivity contribution in [1.82, 2.24) is 24.6 Å². The van der Waals surface area contributed by atoms with Gasteiger partial charge in [0.1, 0.15) is 23.5 Å². The number of nitrogens with two attached hydrogens (primary N) is 1. The second-order valence-electron chi connectivity index (χ2n) is 6.10. The van der Waals surface area contributed by atoms with E-state index in [1.54, 1.807) is 30.2 Å². The van der Waals surface area contributed by atoms with Crippen molar-refractivity contribution < 1.29 is 19.0 Å². The van der Waals surface area contributed by atoms with Crippen LogP contribution in [0.1, 0.15) is 6.23 Å². The fourth-order valence-corrected chi connectivity index (χ4v) is 3.71. The second-order valence-corrected chi connectivity index (χ2v) is 6.10. The number of hydrogen-bond donors (Lipinski definition) is 1. The maximum Gasteiger partial charge on any atom is 0.168 e. The van der Waals surface area contributed by atoms with Gasteiger partial charge in [0.05, 0.1) is 19.5 Å². The minimum Gasteiger partial charge on any atom is -0.382 e.